The fourth-order valence-electron chi connectivity index (χ4n) is 2.32. The smallest absolute Gasteiger partial charge is 0.0939 e. The van der Waals surface area contributed by atoms with Crippen molar-refractivity contribution in [3.63, 3.8) is 0 Å². The van der Waals surface area contributed by atoms with Gasteiger partial charge in [-0.3, -0.25) is 4.90 Å². The molecule has 3 nitrogen and oxygen atoms in total. The Balaban J connectivity index is 2.43. The van der Waals surface area contributed by atoms with Crippen LogP contribution in [0.25, 0.3) is 0 Å². The lowest BCUT2D eigenvalue weighted by molar-refractivity contribution is -0.109. The van der Waals surface area contributed by atoms with E-state index in [-0.39, 0.29) is 6.10 Å². The second kappa shape index (κ2) is 6.46. The van der Waals surface area contributed by atoms with Crippen LogP contribution in [0.5, 0.6) is 0 Å². The lowest BCUT2D eigenvalue weighted by atomic mass is 10.1. The van der Waals surface area contributed by atoms with Gasteiger partial charge < -0.3 is 9.47 Å². The van der Waals surface area contributed by atoms with Crippen molar-refractivity contribution >= 4 is 0 Å². The molecule has 1 fully saturated rings. The zero-order chi connectivity index (χ0) is 11.3. The van der Waals surface area contributed by atoms with E-state index in [1.165, 1.54) is 12.8 Å². The molecule has 1 heterocycles. The highest BCUT2D eigenvalue weighted by molar-refractivity contribution is 4.79. The zero-order valence-corrected chi connectivity index (χ0v) is 10.5. The molecule has 0 radical (unpaired) electrons. The maximum Gasteiger partial charge on any atom is 0.0939 e. The van der Waals surface area contributed by atoms with Crippen LogP contribution in [-0.2, 0) is 9.47 Å². The molecule has 0 aromatic carbocycles. The highest BCUT2D eigenvalue weighted by atomic mass is 16.5. The molecule has 1 aliphatic heterocycles. The molecule has 0 bridgehead atoms. The van der Waals surface area contributed by atoms with Crippen LogP contribution in [0.3, 0.4) is 0 Å². The van der Waals surface area contributed by atoms with Gasteiger partial charge in [0, 0.05) is 26.2 Å². The van der Waals surface area contributed by atoms with Crippen molar-refractivity contribution in [2.24, 2.45) is 0 Å². The summed E-state index contributed by atoms with van der Waals surface area (Å²) in [6, 6.07) is 0.667. The van der Waals surface area contributed by atoms with E-state index in [0.717, 1.165) is 13.1 Å². The minimum Gasteiger partial charge on any atom is -0.382 e. The van der Waals surface area contributed by atoms with Gasteiger partial charge in [0.1, 0.15) is 0 Å². The van der Waals surface area contributed by atoms with E-state index in [1.807, 2.05) is 0 Å². The molecule has 0 aromatic rings. The minimum absolute atomic E-state index is 0.248. The predicted octanol–water partition coefficient (Wildman–Crippen LogP) is 1.91. The molecule has 15 heavy (non-hydrogen) atoms. The van der Waals surface area contributed by atoms with E-state index in [0.29, 0.717) is 18.8 Å². The molecule has 1 rings (SSSR count). The molecular weight excluding hydrogens is 190 g/mol. The largest absolute Gasteiger partial charge is 0.382 e. The van der Waals surface area contributed by atoms with Crippen LogP contribution in [0.15, 0.2) is 0 Å². The monoisotopic (exact) mass is 215 g/mol. The molecule has 0 spiro atoms. The first-order valence-corrected chi connectivity index (χ1v) is 6.05. The van der Waals surface area contributed by atoms with Gasteiger partial charge in [-0.05, 0) is 20.3 Å². The molecule has 1 aliphatic rings. The van der Waals surface area contributed by atoms with Crippen molar-refractivity contribution in [2.75, 3.05) is 26.8 Å². The summed E-state index contributed by atoms with van der Waals surface area (Å²) in [6.07, 6.45) is 3.10. The number of hydrogen-bond acceptors (Lipinski definition) is 3. The highest BCUT2D eigenvalue weighted by Crippen LogP contribution is 2.16. The quantitative estimate of drug-likeness (QED) is 0.699. The van der Waals surface area contributed by atoms with Gasteiger partial charge in [-0.1, -0.05) is 13.3 Å². The maximum atomic E-state index is 5.82. The van der Waals surface area contributed by atoms with Gasteiger partial charge in [-0.25, -0.2) is 0 Å². The summed E-state index contributed by atoms with van der Waals surface area (Å²) in [5.74, 6) is 0. The van der Waals surface area contributed by atoms with Crippen LogP contribution in [0, 0.1) is 0 Å². The minimum atomic E-state index is 0.248. The molecule has 0 N–H and O–H groups in total. The number of morpholine rings is 1. The molecule has 90 valence electrons. The summed E-state index contributed by atoms with van der Waals surface area (Å²) in [5.41, 5.74) is 0. The van der Waals surface area contributed by atoms with Crippen molar-refractivity contribution in [1.29, 1.82) is 0 Å². The average molecular weight is 215 g/mol. The third-order valence-corrected chi connectivity index (χ3v) is 3.04. The first-order chi connectivity index (χ1) is 7.17. The Morgan fingerprint density at radius 1 is 1.47 bits per heavy atom. The molecule has 0 unspecified atom stereocenters. The molecule has 0 aromatic heterocycles. The standard InChI is InChI=1S/C12H25NO2/c1-5-6-10(2)13-7-11(3)15-12(8-13)9-14-4/h10-12H,5-9H2,1-4H3/t10-,11-,12+/m0/s1. The van der Waals surface area contributed by atoms with Crippen molar-refractivity contribution in [2.45, 2.75) is 51.9 Å². The SMILES string of the molecule is CCC[C@H](C)N1C[C@H](COC)O[C@@H](C)C1. The van der Waals surface area contributed by atoms with E-state index in [1.54, 1.807) is 7.11 Å². The molecule has 0 amide bonds. The number of ether oxygens (including phenoxy) is 2. The molecule has 0 aliphatic carbocycles. The first kappa shape index (κ1) is 12.9. The van der Waals surface area contributed by atoms with Gasteiger partial charge in [0.15, 0.2) is 0 Å². The van der Waals surface area contributed by atoms with E-state index in [9.17, 15) is 0 Å². The summed E-state index contributed by atoms with van der Waals surface area (Å²) in [7, 11) is 1.74. The number of rotatable bonds is 5. The Bertz CT molecular complexity index is 175. The fraction of sp³-hybridized carbons (Fsp3) is 1.00. The van der Waals surface area contributed by atoms with E-state index < -0.39 is 0 Å². The van der Waals surface area contributed by atoms with Crippen molar-refractivity contribution < 1.29 is 9.47 Å². The molecular formula is C12H25NO2. The van der Waals surface area contributed by atoms with Crippen LogP contribution >= 0.6 is 0 Å². The van der Waals surface area contributed by atoms with E-state index in [4.69, 9.17) is 9.47 Å². The van der Waals surface area contributed by atoms with Gasteiger partial charge in [-0.15, -0.1) is 0 Å². The molecule has 1 saturated heterocycles. The van der Waals surface area contributed by atoms with Crippen molar-refractivity contribution in [3.05, 3.63) is 0 Å². The molecule has 0 saturated carbocycles. The van der Waals surface area contributed by atoms with Gasteiger partial charge in [0.2, 0.25) is 0 Å². The van der Waals surface area contributed by atoms with Crippen LogP contribution in [0.2, 0.25) is 0 Å². The molecule has 3 heteroatoms. The lowest BCUT2D eigenvalue weighted by Crippen LogP contribution is -2.51. The number of methoxy groups -OCH3 is 1. The summed E-state index contributed by atoms with van der Waals surface area (Å²) >= 11 is 0. The second-order valence-corrected chi connectivity index (χ2v) is 4.62. The van der Waals surface area contributed by atoms with Crippen molar-refractivity contribution in [1.82, 2.24) is 4.90 Å². The van der Waals surface area contributed by atoms with Crippen LogP contribution < -0.4 is 0 Å². The van der Waals surface area contributed by atoms with E-state index in [2.05, 4.69) is 25.7 Å². The van der Waals surface area contributed by atoms with Gasteiger partial charge in [0.25, 0.3) is 0 Å². The van der Waals surface area contributed by atoms with Crippen LogP contribution in [0.4, 0.5) is 0 Å². The van der Waals surface area contributed by atoms with Gasteiger partial charge in [0.05, 0.1) is 18.8 Å². The fourth-order valence-corrected chi connectivity index (χ4v) is 2.32. The summed E-state index contributed by atoms with van der Waals surface area (Å²) in [6.45, 7) is 9.48. The Kier molecular flexibility index (Phi) is 5.58. The van der Waals surface area contributed by atoms with E-state index >= 15 is 0 Å². The van der Waals surface area contributed by atoms with Crippen LogP contribution in [0.1, 0.15) is 33.6 Å². The predicted molar refractivity (Wildman–Crippen MR) is 62.2 cm³/mol. The Hall–Kier alpha value is -0.120. The highest BCUT2D eigenvalue weighted by Gasteiger charge is 2.27. The second-order valence-electron chi connectivity index (χ2n) is 4.62. The Morgan fingerprint density at radius 2 is 2.20 bits per heavy atom. The lowest BCUT2D eigenvalue weighted by Gasteiger charge is -2.39. The summed E-state index contributed by atoms with van der Waals surface area (Å²) in [5, 5.41) is 0. The zero-order valence-electron chi connectivity index (χ0n) is 10.5. The number of hydrogen-bond donors (Lipinski definition) is 0. The topological polar surface area (TPSA) is 21.7 Å². The third kappa shape index (κ3) is 4.09. The van der Waals surface area contributed by atoms with Gasteiger partial charge in [-0.2, -0.15) is 0 Å². The van der Waals surface area contributed by atoms with Crippen LogP contribution in [-0.4, -0.2) is 50.0 Å². The number of nitrogens with zero attached hydrogens (tertiary/aromatic N) is 1. The Morgan fingerprint density at radius 3 is 2.80 bits per heavy atom. The first-order valence-electron chi connectivity index (χ1n) is 6.05. The van der Waals surface area contributed by atoms with Gasteiger partial charge >= 0.3 is 0 Å². The third-order valence-electron chi connectivity index (χ3n) is 3.04. The average Bonchev–Trinajstić information content (AvgIpc) is 2.17. The normalized spacial score (nSPS) is 30.4. The Labute approximate surface area is 93.7 Å². The maximum absolute atomic E-state index is 5.82. The molecule has 3 atom stereocenters. The summed E-state index contributed by atoms with van der Waals surface area (Å²) in [4.78, 5) is 2.53. The summed E-state index contributed by atoms with van der Waals surface area (Å²) < 4.78 is 11.0. The van der Waals surface area contributed by atoms with Crippen molar-refractivity contribution in [3.8, 4) is 0 Å².